The van der Waals surface area contributed by atoms with E-state index >= 15 is 0 Å². The molecular formula is C34H58N2O25. The first kappa shape index (κ1) is 50.0. The summed E-state index contributed by atoms with van der Waals surface area (Å²) < 4.78 is 51.8. The van der Waals surface area contributed by atoms with Crippen LogP contribution in [0.5, 0.6) is 0 Å². The Balaban J connectivity index is 1.44. The Bertz CT molecular complexity index is 1420. The normalized spacial score (nSPS) is 49.6. The highest BCUT2D eigenvalue weighted by molar-refractivity contribution is 5.73. The van der Waals surface area contributed by atoms with Crippen molar-refractivity contribution >= 4 is 11.8 Å². The lowest BCUT2D eigenvalue weighted by molar-refractivity contribution is -0.376. The average molecular weight is 895 g/mol. The van der Waals surface area contributed by atoms with Crippen molar-refractivity contribution in [3.05, 3.63) is 0 Å². The van der Waals surface area contributed by atoms with Crippen molar-refractivity contribution in [2.75, 3.05) is 26.4 Å². The van der Waals surface area contributed by atoms with E-state index in [1.165, 1.54) is 6.92 Å². The Labute approximate surface area is 346 Å². The smallest absolute Gasteiger partial charge is 0.217 e. The molecule has 5 aliphatic rings. The van der Waals surface area contributed by atoms with E-state index in [0.717, 1.165) is 13.8 Å². The predicted octanol–water partition coefficient (Wildman–Crippen LogP) is -10.6. The van der Waals surface area contributed by atoms with Crippen LogP contribution in [-0.4, -0.2) is 263 Å². The minimum absolute atomic E-state index is 0.740. The molecule has 0 radical (unpaired) electrons. The quantitative estimate of drug-likeness (QED) is 0.0770. The van der Waals surface area contributed by atoms with Crippen LogP contribution in [-0.2, 0) is 52.2 Å². The number of hydrogen-bond acceptors (Lipinski definition) is 25. The first-order valence-corrected chi connectivity index (χ1v) is 19.4. The molecule has 0 unspecified atom stereocenters. The van der Waals surface area contributed by atoms with Gasteiger partial charge in [0.05, 0.1) is 32.5 Å². The van der Waals surface area contributed by atoms with E-state index in [-0.39, 0.29) is 0 Å². The molecule has 27 heteroatoms. The zero-order valence-corrected chi connectivity index (χ0v) is 33.0. The summed E-state index contributed by atoms with van der Waals surface area (Å²) in [5.41, 5.74) is 0. The van der Waals surface area contributed by atoms with Crippen LogP contribution in [0.2, 0.25) is 0 Å². The summed E-state index contributed by atoms with van der Waals surface area (Å²) in [7, 11) is 0. The SMILES string of the molecule is CC(=O)N[C@@H]1[C@@H](O[C@@H]2O[C@H](CO)[C@H](O)[C@H](O)[C@H]2O)[C@@H](O)[C@@H](CO[C@@H]2O[C@H](CO)[C@@H](O[C@@H]3O[C@H](CO)[C@H](O)[C@H](O)[C@H]3O)[C@H](O[C@@H]3O[C@@H](C)[C@@H](O)[C@@H](O)[C@@H]3O)[C@H]2NC(C)=O)O[C@@H]1O. The van der Waals surface area contributed by atoms with Crippen LogP contribution < -0.4 is 10.6 Å². The van der Waals surface area contributed by atoms with E-state index in [9.17, 15) is 81.1 Å². The van der Waals surface area contributed by atoms with E-state index in [1.54, 1.807) is 0 Å². The van der Waals surface area contributed by atoms with Crippen molar-refractivity contribution < 1.29 is 124 Å². The van der Waals surface area contributed by atoms with E-state index in [4.69, 9.17) is 42.6 Å². The summed E-state index contributed by atoms with van der Waals surface area (Å²) >= 11 is 0. The minimum atomic E-state index is -2.00. The van der Waals surface area contributed by atoms with Gasteiger partial charge in [-0.05, 0) is 6.92 Å². The summed E-state index contributed by atoms with van der Waals surface area (Å²) in [6.07, 6.45) is -40.6. The lowest BCUT2D eigenvalue weighted by Gasteiger charge is -2.50. The molecule has 354 valence electrons. The molecule has 27 nitrogen and oxygen atoms in total. The molecule has 5 aliphatic heterocycles. The minimum Gasteiger partial charge on any atom is -0.394 e. The molecule has 0 spiro atoms. The van der Waals surface area contributed by atoms with Crippen LogP contribution in [0.1, 0.15) is 20.8 Å². The second-order valence-electron chi connectivity index (χ2n) is 15.4. The maximum absolute atomic E-state index is 12.7. The number of aliphatic hydroxyl groups is 14. The Morgan fingerprint density at radius 2 is 0.885 bits per heavy atom. The van der Waals surface area contributed by atoms with Crippen molar-refractivity contribution in [1.29, 1.82) is 0 Å². The van der Waals surface area contributed by atoms with E-state index in [2.05, 4.69) is 10.6 Å². The summed E-state index contributed by atoms with van der Waals surface area (Å²) in [5, 5.41) is 152. The summed E-state index contributed by atoms with van der Waals surface area (Å²) in [4.78, 5) is 24.8. The first-order valence-electron chi connectivity index (χ1n) is 19.4. The highest BCUT2D eigenvalue weighted by atomic mass is 16.8. The molecule has 0 aromatic rings. The van der Waals surface area contributed by atoms with Crippen LogP contribution in [0.25, 0.3) is 0 Å². The molecule has 0 aromatic heterocycles. The van der Waals surface area contributed by atoms with Crippen molar-refractivity contribution in [1.82, 2.24) is 10.6 Å². The van der Waals surface area contributed by atoms with Crippen molar-refractivity contribution in [3.63, 3.8) is 0 Å². The van der Waals surface area contributed by atoms with Gasteiger partial charge in [-0.2, -0.15) is 0 Å². The van der Waals surface area contributed by atoms with Crippen LogP contribution in [0, 0.1) is 0 Å². The van der Waals surface area contributed by atoms with Gasteiger partial charge in [-0.3, -0.25) is 9.59 Å². The molecule has 61 heavy (non-hydrogen) atoms. The van der Waals surface area contributed by atoms with Crippen LogP contribution in [0.3, 0.4) is 0 Å². The lowest BCUT2D eigenvalue weighted by atomic mass is 9.94. The predicted molar refractivity (Wildman–Crippen MR) is 188 cm³/mol. The third-order valence-corrected chi connectivity index (χ3v) is 11.1. The third-order valence-electron chi connectivity index (χ3n) is 11.1. The van der Waals surface area contributed by atoms with E-state index in [1.807, 2.05) is 0 Å². The van der Waals surface area contributed by atoms with Gasteiger partial charge >= 0.3 is 0 Å². The van der Waals surface area contributed by atoms with Crippen LogP contribution >= 0.6 is 0 Å². The lowest BCUT2D eigenvalue weighted by Crippen LogP contribution is -2.70. The number of rotatable bonds is 14. The van der Waals surface area contributed by atoms with Gasteiger partial charge in [0, 0.05) is 13.8 Å². The van der Waals surface area contributed by atoms with Gasteiger partial charge in [-0.1, -0.05) is 0 Å². The zero-order chi connectivity index (χ0) is 45.2. The van der Waals surface area contributed by atoms with Gasteiger partial charge in [0.1, 0.15) is 116 Å². The number of aliphatic hydroxyl groups excluding tert-OH is 14. The second-order valence-corrected chi connectivity index (χ2v) is 15.4. The molecule has 5 saturated heterocycles. The Morgan fingerprint density at radius 1 is 0.459 bits per heavy atom. The summed E-state index contributed by atoms with van der Waals surface area (Å²) in [5.74, 6) is -1.52. The Kier molecular flexibility index (Phi) is 17.5. The largest absolute Gasteiger partial charge is 0.394 e. The van der Waals surface area contributed by atoms with Gasteiger partial charge < -0.3 is 125 Å². The number of ether oxygens (including phenoxy) is 9. The van der Waals surface area contributed by atoms with Crippen LogP contribution in [0.15, 0.2) is 0 Å². The Morgan fingerprint density at radius 3 is 1.38 bits per heavy atom. The van der Waals surface area contributed by atoms with Gasteiger partial charge in [0.2, 0.25) is 11.8 Å². The molecule has 0 aromatic carbocycles. The van der Waals surface area contributed by atoms with Gasteiger partial charge in [-0.15, -0.1) is 0 Å². The standard InChI is InChI=1S/C34H58N2O25/c1-8-17(42)21(46)24(49)32(54-8)61-29-16(36-10(3)41)31(58-13(6-39)27(29)59-33-25(50)22(47)18(43)11(4-37)56-33)53-7-14-20(45)28(15(30(52)55-14)35-9(2)40)60-34-26(51)23(48)19(44)12(5-38)57-34/h8,11-34,37-39,42-52H,4-7H2,1-3H3,(H,35,40)(H,36,41)/t8-,11+,12+,13+,14+,15+,16+,17+,18-,19-,20-,21+,22-,23-,24-,25+,26+,27+,28+,29+,30-,31+,32-,33-,34-/m0/s1. The molecular weight excluding hydrogens is 836 g/mol. The molecule has 0 bridgehead atoms. The number of carbonyl (C=O) groups excluding carboxylic acids is 2. The number of nitrogens with one attached hydrogen (secondary N) is 2. The molecule has 0 saturated carbocycles. The second kappa shape index (κ2) is 21.3. The third kappa shape index (κ3) is 10.9. The summed E-state index contributed by atoms with van der Waals surface area (Å²) in [6.45, 7) is -0.000395. The Hall–Kier alpha value is -1.98. The molecule has 16 N–H and O–H groups in total. The molecule has 5 rings (SSSR count). The van der Waals surface area contributed by atoms with Gasteiger partial charge in [0.15, 0.2) is 31.5 Å². The summed E-state index contributed by atoms with van der Waals surface area (Å²) in [6, 6.07) is -3.20. The molecule has 2 amide bonds. The van der Waals surface area contributed by atoms with Crippen molar-refractivity contribution in [2.45, 2.75) is 174 Å². The zero-order valence-electron chi connectivity index (χ0n) is 33.0. The highest BCUT2D eigenvalue weighted by Gasteiger charge is 2.56. The van der Waals surface area contributed by atoms with Gasteiger partial charge in [-0.25, -0.2) is 0 Å². The fraction of sp³-hybridized carbons (Fsp3) is 0.941. The fourth-order valence-electron chi connectivity index (χ4n) is 7.67. The maximum atomic E-state index is 12.7. The van der Waals surface area contributed by atoms with Gasteiger partial charge in [0.25, 0.3) is 0 Å². The first-order chi connectivity index (χ1) is 28.7. The number of carbonyl (C=O) groups is 2. The molecule has 5 fully saturated rings. The van der Waals surface area contributed by atoms with Crippen molar-refractivity contribution in [2.24, 2.45) is 0 Å². The van der Waals surface area contributed by atoms with E-state index < -0.39 is 192 Å². The number of hydrogen-bond donors (Lipinski definition) is 16. The topological polar surface area (TPSA) is 424 Å². The van der Waals surface area contributed by atoms with E-state index in [0.29, 0.717) is 0 Å². The number of amides is 2. The van der Waals surface area contributed by atoms with Crippen LogP contribution in [0.4, 0.5) is 0 Å². The monoisotopic (exact) mass is 894 g/mol. The fourth-order valence-corrected chi connectivity index (χ4v) is 7.67. The van der Waals surface area contributed by atoms with Crippen molar-refractivity contribution in [3.8, 4) is 0 Å². The molecule has 5 heterocycles. The maximum Gasteiger partial charge on any atom is 0.217 e. The molecule has 25 atom stereocenters. The average Bonchev–Trinajstić information content (AvgIpc) is 3.22. The molecule has 0 aliphatic carbocycles. The highest BCUT2D eigenvalue weighted by Crippen LogP contribution is 2.35.